The van der Waals surface area contributed by atoms with E-state index >= 15 is 0 Å². The van der Waals surface area contributed by atoms with E-state index in [0.29, 0.717) is 5.56 Å². The number of nitrogens with one attached hydrogen (secondary N) is 1. The topological polar surface area (TPSA) is 56.0 Å². The van der Waals surface area contributed by atoms with Crippen LogP contribution in [0.4, 0.5) is 5.69 Å². The van der Waals surface area contributed by atoms with E-state index in [-0.39, 0.29) is 17.6 Å². The van der Waals surface area contributed by atoms with Crippen LogP contribution in [0.1, 0.15) is 31.4 Å². The molecule has 1 aromatic rings. The van der Waals surface area contributed by atoms with Crippen LogP contribution in [-0.2, 0) is 0 Å². The first-order chi connectivity index (χ1) is 7.95. The molecule has 1 fully saturated rings. The maximum atomic E-state index is 9.70. The monoisotopic (exact) mass is 230 g/mol. The fraction of sp³-hybridized carbons (Fsp3) is 0.500. The van der Waals surface area contributed by atoms with E-state index in [1.165, 1.54) is 0 Å². The van der Waals surface area contributed by atoms with E-state index in [1.54, 1.807) is 0 Å². The van der Waals surface area contributed by atoms with E-state index < -0.39 is 0 Å². The standard InChI is InChI=1S/C14H18N2O/c1-9-4-5-10(8-15)11(6-9)16-12-7-13(17)14(12,2)3/h4-6,12-13,16-17H,7H2,1-3H3. The lowest BCUT2D eigenvalue weighted by atomic mass is 9.64. The molecule has 0 saturated heterocycles. The Balaban J connectivity index is 2.20. The smallest absolute Gasteiger partial charge is 0.101 e. The summed E-state index contributed by atoms with van der Waals surface area (Å²) < 4.78 is 0. The molecule has 2 atom stereocenters. The number of benzene rings is 1. The third-order valence-corrected chi connectivity index (χ3v) is 3.84. The molecular formula is C14H18N2O. The van der Waals surface area contributed by atoms with E-state index in [0.717, 1.165) is 17.7 Å². The summed E-state index contributed by atoms with van der Waals surface area (Å²) in [4.78, 5) is 0. The van der Waals surface area contributed by atoms with Crippen molar-refractivity contribution in [1.82, 2.24) is 0 Å². The Morgan fingerprint density at radius 3 is 2.71 bits per heavy atom. The van der Waals surface area contributed by atoms with Gasteiger partial charge in [0.1, 0.15) is 6.07 Å². The van der Waals surface area contributed by atoms with Crippen LogP contribution >= 0.6 is 0 Å². The number of nitriles is 1. The minimum Gasteiger partial charge on any atom is -0.392 e. The number of anilines is 1. The SMILES string of the molecule is Cc1ccc(C#N)c(NC2CC(O)C2(C)C)c1. The van der Waals surface area contributed by atoms with Crippen LogP contribution in [0.2, 0.25) is 0 Å². The second-order valence-corrected chi connectivity index (χ2v) is 5.43. The molecule has 1 saturated carbocycles. The van der Waals surface area contributed by atoms with Gasteiger partial charge < -0.3 is 10.4 Å². The Labute approximate surface area is 102 Å². The molecule has 0 bridgehead atoms. The molecular weight excluding hydrogens is 212 g/mol. The first-order valence-corrected chi connectivity index (χ1v) is 5.90. The van der Waals surface area contributed by atoms with Crippen LogP contribution in [0.15, 0.2) is 18.2 Å². The van der Waals surface area contributed by atoms with Crippen molar-refractivity contribution in [2.75, 3.05) is 5.32 Å². The lowest BCUT2D eigenvalue weighted by Gasteiger charge is -2.50. The number of hydrogen-bond acceptors (Lipinski definition) is 3. The van der Waals surface area contributed by atoms with Gasteiger partial charge in [0.25, 0.3) is 0 Å². The summed E-state index contributed by atoms with van der Waals surface area (Å²) in [6.45, 7) is 6.09. The lowest BCUT2D eigenvalue weighted by molar-refractivity contribution is -0.0510. The molecule has 0 spiro atoms. The molecule has 90 valence electrons. The maximum absolute atomic E-state index is 9.70. The van der Waals surface area contributed by atoms with Gasteiger partial charge in [0.2, 0.25) is 0 Å². The summed E-state index contributed by atoms with van der Waals surface area (Å²) in [5, 5.41) is 22.1. The third-order valence-electron chi connectivity index (χ3n) is 3.84. The van der Waals surface area contributed by atoms with Gasteiger partial charge in [-0.25, -0.2) is 0 Å². The van der Waals surface area contributed by atoms with Crippen molar-refractivity contribution in [3.63, 3.8) is 0 Å². The first kappa shape index (κ1) is 11.9. The first-order valence-electron chi connectivity index (χ1n) is 5.90. The van der Waals surface area contributed by atoms with Gasteiger partial charge in [-0.2, -0.15) is 5.26 Å². The van der Waals surface area contributed by atoms with Gasteiger partial charge in [0.05, 0.1) is 17.4 Å². The van der Waals surface area contributed by atoms with Crippen molar-refractivity contribution >= 4 is 5.69 Å². The number of hydrogen-bond donors (Lipinski definition) is 2. The molecule has 1 aliphatic carbocycles. The van der Waals surface area contributed by atoms with Crippen molar-refractivity contribution in [1.29, 1.82) is 5.26 Å². The minimum atomic E-state index is -0.254. The number of aliphatic hydroxyl groups excluding tert-OH is 1. The molecule has 0 heterocycles. The highest BCUT2D eigenvalue weighted by molar-refractivity contribution is 5.59. The quantitative estimate of drug-likeness (QED) is 0.820. The van der Waals surface area contributed by atoms with Gasteiger partial charge in [-0.05, 0) is 31.0 Å². The van der Waals surface area contributed by atoms with Crippen LogP contribution in [0, 0.1) is 23.7 Å². The summed E-state index contributed by atoms with van der Waals surface area (Å²) in [6.07, 6.45) is 0.488. The zero-order valence-corrected chi connectivity index (χ0v) is 10.5. The highest BCUT2D eigenvalue weighted by atomic mass is 16.3. The fourth-order valence-corrected chi connectivity index (χ4v) is 2.21. The van der Waals surface area contributed by atoms with Gasteiger partial charge >= 0.3 is 0 Å². The summed E-state index contributed by atoms with van der Waals surface area (Å²) in [5.41, 5.74) is 2.53. The van der Waals surface area contributed by atoms with Crippen molar-refractivity contribution in [2.45, 2.75) is 39.3 Å². The maximum Gasteiger partial charge on any atom is 0.101 e. The van der Waals surface area contributed by atoms with Crippen LogP contribution in [0.25, 0.3) is 0 Å². The van der Waals surface area contributed by atoms with Crippen molar-refractivity contribution in [2.24, 2.45) is 5.41 Å². The molecule has 0 radical (unpaired) electrons. The summed E-state index contributed by atoms with van der Waals surface area (Å²) in [5.74, 6) is 0. The second-order valence-electron chi connectivity index (χ2n) is 5.43. The molecule has 1 aromatic carbocycles. The zero-order chi connectivity index (χ0) is 12.6. The molecule has 3 heteroatoms. The second kappa shape index (κ2) is 4.05. The van der Waals surface area contributed by atoms with Gasteiger partial charge in [-0.15, -0.1) is 0 Å². The van der Waals surface area contributed by atoms with Gasteiger partial charge in [0.15, 0.2) is 0 Å². The van der Waals surface area contributed by atoms with Gasteiger partial charge in [-0.1, -0.05) is 19.9 Å². The Hall–Kier alpha value is -1.53. The van der Waals surface area contributed by atoms with Crippen molar-refractivity contribution in [3.8, 4) is 6.07 Å². The van der Waals surface area contributed by atoms with Crippen molar-refractivity contribution < 1.29 is 5.11 Å². The highest BCUT2D eigenvalue weighted by Gasteiger charge is 2.47. The molecule has 2 unspecified atom stereocenters. The van der Waals surface area contributed by atoms with E-state index in [2.05, 4.69) is 11.4 Å². The summed E-state index contributed by atoms with van der Waals surface area (Å²) in [7, 11) is 0. The number of aryl methyl sites for hydroxylation is 1. The van der Waals surface area contributed by atoms with Gasteiger partial charge in [0, 0.05) is 11.5 Å². The molecule has 3 nitrogen and oxygen atoms in total. The number of nitrogens with zero attached hydrogens (tertiary/aromatic N) is 1. The van der Waals surface area contributed by atoms with E-state index in [1.807, 2.05) is 39.0 Å². The average Bonchev–Trinajstić information content (AvgIpc) is 2.29. The molecule has 2 rings (SSSR count). The molecule has 0 aliphatic heterocycles. The van der Waals surface area contributed by atoms with Crippen LogP contribution in [0.3, 0.4) is 0 Å². The van der Waals surface area contributed by atoms with Crippen LogP contribution < -0.4 is 5.32 Å². The number of aliphatic hydroxyl groups is 1. The Morgan fingerprint density at radius 1 is 1.47 bits per heavy atom. The molecule has 0 amide bonds. The minimum absolute atomic E-state index is 0.129. The third kappa shape index (κ3) is 2.01. The Bertz CT molecular complexity index is 474. The molecule has 0 aromatic heterocycles. The largest absolute Gasteiger partial charge is 0.392 e. The average molecular weight is 230 g/mol. The van der Waals surface area contributed by atoms with Gasteiger partial charge in [-0.3, -0.25) is 0 Å². The number of rotatable bonds is 2. The molecule has 1 aliphatic rings. The Morgan fingerprint density at radius 2 is 2.18 bits per heavy atom. The zero-order valence-electron chi connectivity index (χ0n) is 10.5. The van der Waals surface area contributed by atoms with Crippen LogP contribution in [-0.4, -0.2) is 17.3 Å². The highest BCUT2D eigenvalue weighted by Crippen LogP contribution is 2.42. The van der Waals surface area contributed by atoms with Crippen LogP contribution in [0.5, 0.6) is 0 Å². The predicted octanol–water partition coefficient (Wildman–Crippen LogP) is 2.44. The Kier molecular flexibility index (Phi) is 2.84. The van der Waals surface area contributed by atoms with E-state index in [4.69, 9.17) is 5.26 Å². The predicted molar refractivity (Wildman–Crippen MR) is 67.7 cm³/mol. The summed E-state index contributed by atoms with van der Waals surface area (Å²) in [6, 6.07) is 8.17. The molecule has 17 heavy (non-hydrogen) atoms. The lowest BCUT2D eigenvalue weighted by Crippen LogP contribution is -2.57. The summed E-state index contributed by atoms with van der Waals surface area (Å²) >= 11 is 0. The molecule has 2 N–H and O–H groups in total. The van der Waals surface area contributed by atoms with Crippen molar-refractivity contribution in [3.05, 3.63) is 29.3 Å². The fourth-order valence-electron chi connectivity index (χ4n) is 2.21. The normalized spacial score (nSPS) is 25.8. The van der Waals surface area contributed by atoms with E-state index in [9.17, 15) is 5.11 Å².